The highest BCUT2D eigenvalue weighted by Gasteiger charge is 2.42. The van der Waals surface area contributed by atoms with Crippen molar-refractivity contribution in [2.24, 2.45) is 11.3 Å². The van der Waals surface area contributed by atoms with Gasteiger partial charge < -0.3 is 10.4 Å². The molecule has 2 atom stereocenters. The lowest BCUT2D eigenvalue weighted by molar-refractivity contribution is 0.0350. The van der Waals surface area contributed by atoms with E-state index < -0.39 is 0 Å². The average Bonchev–Trinajstić information content (AvgIpc) is 2.86. The van der Waals surface area contributed by atoms with E-state index in [2.05, 4.69) is 36.1 Å². The molecule has 1 aliphatic carbocycles. The van der Waals surface area contributed by atoms with E-state index in [0.717, 1.165) is 24.2 Å². The summed E-state index contributed by atoms with van der Waals surface area (Å²) in [5.74, 6) is 0.620. The molecule has 5 nitrogen and oxygen atoms in total. The van der Waals surface area contributed by atoms with Crippen LogP contribution in [0, 0.1) is 11.3 Å². The van der Waals surface area contributed by atoms with Crippen molar-refractivity contribution in [3.05, 3.63) is 30.5 Å². The molecular weight excluding hydrogens is 276 g/mol. The molecule has 3 rings (SSSR count). The molecule has 0 aromatic carbocycles. The van der Waals surface area contributed by atoms with Gasteiger partial charge in [-0.15, -0.1) is 0 Å². The van der Waals surface area contributed by atoms with Gasteiger partial charge >= 0.3 is 0 Å². The Balaban J connectivity index is 1.78. The summed E-state index contributed by atoms with van der Waals surface area (Å²) < 4.78 is 2.04. The van der Waals surface area contributed by atoms with Gasteiger partial charge in [0.05, 0.1) is 24.7 Å². The summed E-state index contributed by atoms with van der Waals surface area (Å²) in [5.41, 5.74) is 2.02. The third-order valence-corrected chi connectivity index (χ3v) is 4.80. The molecule has 120 valence electrons. The van der Waals surface area contributed by atoms with Crippen molar-refractivity contribution in [3.8, 4) is 0 Å². The second-order valence-electron chi connectivity index (χ2n) is 7.70. The SMILES string of the molecule is CC1CC(C)(C)CC(CO)(NCc2cnc3cnccn23)C1. The highest BCUT2D eigenvalue weighted by atomic mass is 16.3. The maximum Gasteiger partial charge on any atom is 0.155 e. The van der Waals surface area contributed by atoms with Crippen LogP contribution in [0.1, 0.15) is 45.7 Å². The van der Waals surface area contributed by atoms with Crippen molar-refractivity contribution in [2.75, 3.05) is 6.61 Å². The second kappa shape index (κ2) is 5.63. The molecule has 22 heavy (non-hydrogen) atoms. The largest absolute Gasteiger partial charge is 0.394 e. The van der Waals surface area contributed by atoms with Crippen molar-refractivity contribution in [1.29, 1.82) is 0 Å². The number of nitrogens with zero attached hydrogens (tertiary/aromatic N) is 3. The van der Waals surface area contributed by atoms with Crippen LogP contribution in [0.5, 0.6) is 0 Å². The lowest BCUT2D eigenvalue weighted by atomic mass is 9.64. The molecule has 0 radical (unpaired) electrons. The van der Waals surface area contributed by atoms with Crippen molar-refractivity contribution in [2.45, 2.75) is 52.1 Å². The molecule has 0 spiro atoms. The van der Waals surface area contributed by atoms with Gasteiger partial charge in [0.1, 0.15) is 0 Å². The Hall–Kier alpha value is -1.46. The molecule has 2 unspecified atom stereocenters. The lowest BCUT2D eigenvalue weighted by Crippen LogP contribution is -2.54. The number of imidazole rings is 1. The van der Waals surface area contributed by atoms with Crippen molar-refractivity contribution in [1.82, 2.24) is 19.7 Å². The summed E-state index contributed by atoms with van der Waals surface area (Å²) >= 11 is 0. The Morgan fingerprint density at radius 3 is 2.91 bits per heavy atom. The number of aliphatic hydroxyl groups excluding tert-OH is 1. The zero-order valence-corrected chi connectivity index (χ0v) is 13.7. The molecular formula is C17H26N4O. The fraction of sp³-hybridized carbons (Fsp3) is 0.647. The summed E-state index contributed by atoms with van der Waals surface area (Å²) in [7, 11) is 0. The highest BCUT2D eigenvalue weighted by molar-refractivity contribution is 5.36. The first-order valence-electron chi connectivity index (χ1n) is 8.05. The number of aliphatic hydroxyl groups is 1. The molecule has 5 heteroatoms. The first kappa shape index (κ1) is 15.4. The maximum atomic E-state index is 10.0. The smallest absolute Gasteiger partial charge is 0.155 e. The van der Waals surface area contributed by atoms with E-state index in [0.29, 0.717) is 12.5 Å². The average molecular weight is 302 g/mol. The van der Waals surface area contributed by atoms with Crippen LogP contribution in [0.4, 0.5) is 0 Å². The minimum absolute atomic E-state index is 0.180. The summed E-state index contributed by atoms with van der Waals surface area (Å²) in [5, 5.41) is 13.7. The Morgan fingerprint density at radius 1 is 1.36 bits per heavy atom. The predicted molar refractivity (Wildman–Crippen MR) is 86.4 cm³/mol. The molecule has 0 bridgehead atoms. The number of hydrogen-bond donors (Lipinski definition) is 2. The van der Waals surface area contributed by atoms with Crippen molar-refractivity contribution >= 4 is 5.65 Å². The standard InChI is InChI=1S/C17H26N4O/c1-13-6-16(2,3)11-17(7-13,12-22)20-9-14-8-19-15-10-18-4-5-21(14)15/h4-5,8,10,13,20,22H,6-7,9,11-12H2,1-3H3. The first-order valence-corrected chi connectivity index (χ1v) is 8.05. The van der Waals surface area contributed by atoms with E-state index in [1.165, 1.54) is 6.42 Å². The molecule has 2 heterocycles. The number of aromatic nitrogens is 3. The Labute approximate surface area is 131 Å². The zero-order chi connectivity index (χ0) is 15.8. The Kier molecular flexibility index (Phi) is 3.95. The van der Waals surface area contributed by atoms with Crippen molar-refractivity contribution < 1.29 is 5.11 Å². The van der Waals surface area contributed by atoms with E-state index in [1.54, 1.807) is 12.4 Å². The second-order valence-corrected chi connectivity index (χ2v) is 7.70. The Morgan fingerprint density at radius 2 is 2.18 bits per heavy atom. The molecule has 1 fully saturated rings. The minimum atomic E-state index is -0.196. The van der Waals surface area contributed by atoms with Gasteiger partial charge in [-0.05, 0) is 30.6 Å². The van der Waals surface area contributed by atoms with Gasteiger partial charge in [0.2, 0.25) is 0 Å². The predicted octanol–water partition coefficient (Wildman–Crippen LogP) is 2.40. The number of fused-ring (bicyclic) bond motifs is 1. The van der Waals surface area contributed by atoms with E-state index >= 15 is 0 Å². The van der Waals surface area contributed by atoms with Gasteiger partial charge in [-0.3, -0.25) is 9.38 Å². The van der Waals surface area contributed by atoms with Gasteiger partial charge in [0.25, 0.3) is 0 Å². The molecule has 2 aromatic heterocycles. The molecule has 0 aliphatic heterocycles. The quantitative estimate of drug-likeness (QED) is 0.910. The van der Waals surface area contributed by atoms with E-state index in [-0.39, 0.29) is 17.6 Å². The molecule has 0 saturated heterocycles. The third kappa shape index (κ3) is 3.01. The topological polar surface area (TPSA) is 62.5 Å². The van der Waals surface area contributed by atoms with Gasteiger partial charge in [0, 0.05) is 24.5 Å². The van der Waals surface area contributed by atoms with Crippen LogP contribution in [0.15, 0.2) is 24.8 Å². The van der Waals surface area contributed by atoms with Crippen LogP contribution >= 0.6 is 0 Å². The van der Waals surface area contributed by atoms with E-state index in [1.807, 2.05) is 16.8 Å². The first-order chi connectivity index (χ1) is 10.4. The molecule has 0 amide bonds. The summed E-state index contributed by atoms with van der Waals surface area (Å²) in [6.45, 7) is 7.77. The van der Waals surface area contributed by atoms with Crippen LogP contribution in [-0.4, -0.2) is 31.6 Å². The third-order valence-electron chi connectivity index (χ3n) is 4.80. The number of rotatable bonds is 4. The zero-order valence-electron chi connectivity index (χ0n) is 13.7. The maximum absolute atomic E-state index is 10.0. The number of nitrogens with one attached hydrogen (secondary N) is 1. The lowest BCUT2D eigenvalue weighted by Gasteiger charge is -2.47. The van der Waals surface area contributed by atoms with Crippen LogP contribution in [-0.2, 0) is 6.54 Å². The van der Waals surface area contributed by atoms with Crippen LogP contribution in [0.25, 0.3) is 5.65 Å². The van der Waals surface area contributed by atoms with E-state index in [9.17, 15) is 5.11 Å². The van der Waals surface area contributed by atoms with Gasteiger partial charge in [0.15, 0.2) is 5.65 Å². The summed E-state index contributed by atoms with van der Waals surface area (Å²) in [6, 6.07) is 0. The normalized spacial score (nSPS) is 28.1. The van der Waals surface area contributed by atoms with Crippen LogP contribution < -0.4 is 5.32 Å². The molecule has 1 aliphatic rings. The van der Waals surface area contributed by atoms with Crippen molar-refractivity contribution in [3.63, 3.8) is 0 Å². The molecule has 2 N–H and O–H groups in total. The summed E-state index contributed by atoms with van der Waals surface area (Å²) in [4.78, 5) is 8.46. The number of hydrogen-bond acceptors (Lipinski definition) is 4. The monoisotopic (exact) mass is 302 g/mol. The molecule has 2 aromatic rings. The summed E-state index contributed by atoms with van der Waals surface area (Å²) in [6.07, 6.45) is 10.6. The van der Waals surface area contributed by atoms with Gasteiger partial charge in [-0.25, -0.2) is 4.98 Å². The minimum Gasteiger partial charge on any atom is -0.394 e. The van der Waals surface area contributed by atoms with Gasteiger partial charge in [-0.1, -0.05) is 20.8 Å². The van der Waals surface area contributed by atoms with Crippen LogP contribution in [0.3, 0.4) is 0 Å². The fourth-order valence-corrected chi connectivity index (χ4v) is 4.36. The van der Waals surface area contributed by atoms with Gasteiger partial charge in [-0.2, -0.15) is 0 Å². The molecule has 1 saturated carbocycles. The van der Waals surface area contributed by atoms with Crippen LogP contribution in [0.2, 0.25) is 0 Å². The highest BCUT2D eigenvalue weighted by Crippen LogP contribution is 2.43. The van der Waals surface area contributed by atoms with E-state index in [4.69, 9.17) is 0 Å². The Bertz CT molecular complexity index is 651. The fourth-order valence-electron chi connectivity index (χ4n) is 4.36.